The fraction of sp³-hybridized carbons (Fsp3) is 0.545. The lowest BCUT2D eigenvalue weighted by atomic mass is 10.3. The maximum atomic E-state index is 5.50. The van der Waals surface area contributed by atoms with Crippen molar-refractivity contribution in [1.82, 2.24) is 4.98 Å². The van der Waals surface area contributed by atoms with E-state index in [1.54, 1.807) is 6.20 Å². The van der Waals surface area contributed by atoms with Crippen molar-refractivity contribution in [3.8, 4) is 5.75 Å². The van der Waals surface area contributed by atoms with Crippen molar-refractivity contribution in [2.24, 2.45) is 5.73 Å². The summed E-state index contributed by atoms with van der Waals surface area (Å²) in [5.41, 5.74) is 6.33. The predicted molar refractivity (Wildman–Crippen MR) is 57.1 cm³/mol. The second-order valence-corrected chi connectivity index (χ2v) is 3.24. The number of ether oxygens (including phenoxy) is 1. The zero-order valence-corrected chi connectivity index (χ0v) is 8.70. The fourth-order valence-corrected chi connectivity index (χ4v) is 1.16. The molecule has 78 valence electrons. The molecule has 0 aromatic carbocycles. The number of rotatable bonds is 6. The molecule has 0 saturated heterocycles. The van der Waals surface area contributed by atoms with E-state index in [9.17, 15) is 0 Å². The summed E-state index contributed by atoms with van der Waals surface area (Å²) >= 11 is 0. The van der Waals surface area contributed by atoms with E-state index in [0.29, 0.717) is 6.54 Å². The van der Waals surface area contributed by atoms with Crippen molar-refractivity contribution >= 4 is 0 Å². The maximum Gasteiger partial charge on any atom is 0.137 e. The van der Waals surface area contributed by atoms with Crippen molar-refractivity contribution < 1.29 is 4.74 Å². The van der Waals surface area contributed by atoms with Gasteiger partial charge in [-0.15, -0.1) is 0 Å². The van der Waals surface area contributed by atoms with Gasteiger partial charge in [0.15, 0.2) is 0 Å². The highest BCUT2D eigenvalue weighted by Gasteiger charge is 1.94. The number of hydrogen-bond acceptors (Lipinski definition) is 3. The van der Waals surface area contributed by atoms with Crippen molar-refractivity contribution in [3.05, 3.63) is 24.0 Å². The number of nitrogens with two attached hydrogens (primary N) is 1. The van der Waals surface area contributed by atoms with Crippen LogP contribution >= 0.6 is 0 Å². The van der Waals surface area contributed by atoms with E-state index >= 15 is 0 Å². The molecule has 1 rings (SSSR count). The molecular weight excluding hydrogens is 176 g/mol. The SMILES string of the molecule is CCCCCOc1ccc(CN)nc1. The molecule has 3 heteroatoms. The van der Waals surface area contributed by atoms with E-state index in [1.807, 2.05) is 12.1 Å². The lowest BCUT2D eigenvalue weighted by molar-refractivity contribution is 0.305. The second kappa shape index (κ2) is 6.38. The summed E-state index contributed by atoms with van der Waals surface area (Å²) in [4.78, 5) is 4.15. The molecule has 14 heavy (non-hydrogen) atoms. The van der Waals surface area contributed by atoms with Gasteiger partial charge in [0, 0.05) is 6.54 Å². The Hall–Kier alpha value is -1.09. The Morgan fingerprint density at radius 1 is 1.36 bits per heavy atom. The van der Waals surface area contributed by atoms with Gasteiger partial charge in [-0.05, 0) is 18.6 Å². The first kappa shape index (κ1) is 11.0. The molecule has 3 nitrogen and oxygen atoms in total. The Morgan fingerprint density at radius 2 is 2.21 bits per heavy atom. The van der Waals surface area contributed by atoms with E-state index in [4.69, 9.17) is 10.5 Å². The molecule has 1 aromatic rings. The second-order valence-electron chi connectivity index (χ2n) is 3.24. The third-order valence-corrected chi connectivity index (χ3v) is 2.02. The van der Waals surface area contributed by atoms with Crippen LogP contribution in [0.25, 0.3) is 0 Å². The van der Waals surface area contributed by atoms with Crippen LogP contribution in [-0.2, 0) is 6.54 Å². The first-order valence-electron chi connectivity index (χ1n) is 5.14. The summed E-state index contributed by atoms with van der Waals surface area (Å²) in [5, 5.41) is 0. The molecule has 0 spiro atoms. The highest BCUT2D eigenvalue weighted by Crippen LogP contribution is 2.09. The van der Waals surface area contributed by atoms with Gasteiger partial charge in [0.25, 0.3) is 0 Å². The summed E-state index contributed by atoms with van der Waals surface area (Å²) in [6, 6.07) is 3.82. The molecule has 0 bridgehead atoms. The Labute approximate surface area is 85.3 Å². The average molecular weight is 194 g/mol. The molecule has 0 fully saturated rings. The number of unbranched alkanes of at least 4 members (excludes halogenated alkanes) is 2. The minimum Gasteiger partial charge on any atom is -0.492 e. The van der Waals surface area contributed by atoms with Crippen molar-refractivity contribution in [3.63, 3.8) is 0 Å². The first-order chi connectivity index (χ1) is 6.86. The van der Waals surface area contributed by atoms with Crippen LogP contribution in [-0.4, -0.2) is 11.6 Å². The highest BCUT2D eigenvalue weighted by atomic mass is 16.5. The van der Waals surface area contributed by atoms with Crippen LogP contribution in [0.5, 0.6) is 5.75 Å². The van der Waals surface area contributed by atoms with E-state index in [0.717, 1.165) is 24.5 Å². The number of nitrogens with zero attached hydrogens (tertiary/aromatic N) is 1. The zero-order chi connectivity index (χ0) is 10.2. The van der Waals surface area contributed by atoms with Crippen LogP contribution in [0, 0.1) is 0 Å². The van der Waals surface area contributed by atoms with Gasteiger partial charge in [-0.3, -0.25) is 4.98 Å². The molecule has 0 amide bonds. The largest absolute Gasteiger partial charge is 0.492 e. The Balaban J connectivity index is 2.29. The van der Waals surface area contributed by atoms with Crippen molar-refractivity contribution in [2.45, 2.75) is 32.7 Å². The number of hydrogen-bond donors (Lipinski definition) is 1. The topological polar surface area (TPSA) is 48.1 Å². The van der Waals surface area contributed by atoms with Crippen LogP contribution in [0.4, 0.5) is 0 Å². The zero-order valence-electron chi connectivity index (χ0n) is 8.70. The number of aromatic nitrogens is 1. The van der Waals surface area contributed by atoms with Gasteiger partial charge in [0.2, 0.25) is 0 Å². The van der Waals surface area contributed by atoms with Crippen LogP contribution in [0.15, 0.2) is 18.3 Å². The average Bonchev–Trinajstić information content (AvgIpc) is 2.25. The minimum atomic E-state index is 0.482. The van der Waals surface area contributed by atoms with Crippen molar-refractivity contribution in [1.29, 1.82) is 0 Å². The highest BCUT2D eigenvalue weighted by molar-refractivity contribution is 5.19. The smallest absolute Gasteiger partial charge is 0.137 e. The molecule has 0 radical (unpaired) electrons. The molecule has 0 aliphatic carbocycles. The molecule has 0 unspecified atom stereocenters. The van der Waals surface area contributed by atoms with Gasteiger partial charge in [0.1, 0.15) is 5.75 Å². The summed E-state index contributed by atoms with van der Waals surface area (Å²) in [5.74, 6) is 0.832. The molecule has 1 aromatic heterocycles. The monoisotopic (exact) mass is 194 g/mol. The van der Waals surface area contributed by atoms with Crippen molar-refractivity contribution in [2.75, 3.05) is 6.61 Å². The van der Waals surface area contributed by atoms with Gasteiger partial charge < -0.3 is 10.5 Å². The summed E-state index contributed by atoms with van der Waals surface area (Å²) in [6.07, 6.45) is 5.27. The minimum absolute atomic E-state index is 0.482. The molecule has 1 heterocycles. The fourth-order valence-electron chi connectivity index (χ4n) is 1.16. The third kappa shape index (κ3) is 3.75. The third-order valence-electron chi connectivity index (χ3n) is 2.02. The van der Waals surface area contributed by atoms with Gasteiger partial charge in [-0.1, -0.05) is 19.8 Å². The molecular formula is C11H18N2O. The molecule has 0 saturated carbocycles. The van der Waals surface area contributed by atoms with Crippen LogP contribution < -0.4 is 10.5 Å². The quantitative estimate of drug-likeness (QED) is 0.705. The Morgan fingerprint density at radius 3 is 2.79 bits per heavy atom. The summed E-state index contributed by atoms with van der Waals surface area (Å²) in [6.45, 7) is 3.44. The normalized spacial score (nSPS) is 10.1. The lowest BCUT2D eigenvalue weighted by Crippen LogP contribution is -2.01. The van der Waals surface area contributed by atoms with E-state index in [1.165, 1.54) is 12.8 Å². The van der Waals surface area contributed by atoms with E-state index in [2.05, 4.69) is 11.9 Å². The first-order valence-corrected chi connectivity index (χ1v) is 5.14. The molecule has 0 aliphatic heterocycles. The molecule has 2 N–H and O–H groups in total. The van der Waals surface area contributed by atoms with Crippen LogP contribution in [0.1, 0.15) is 31.9 Å². The summed E-state index contributed by atoms with van der Waals surface area (Å²) in [7, 11) is 0. The standard InChI is InChI=1S/C11H18N2O/c1-2-3-4-7-14-11-6-5-10(8-12)13-9-11/h5-6,9H,2-4,7-8,12H2,1H3. The van der Waals surface area contributed by atoms with Gasteiger partial charge in [0.05, 0.1) is 18.5 Å². The Bertz CT molecular complexity index is 246. The van der Waals surface area contributed by atoms with E-state index < -0.39 is 0 Å². The van der Waals surface area contributed by atoms with Crippen LogP contribution in [0.3, 0.4) is 0 Å². The number of pyridine rings is 1. The molecule has 0 atom stereocenters. The van der Waals surface area contributed by atoms with Gasteiger partial charge >= 0.3 is 0 Å². The predicted octanol–water partition coefficient (Wildman–Crippen LogP) is 2.11. The van der Waals surface area contributed by atoms with Gasteiger partial charge in [-0.25, -0.2) is 0 Å². The summed E-state index contributed by atoms with van der Waals surface area (Å²) < 4.78 is 5.50. The molecule has 0 aliphatic rings. The maximum absolute atomic E-state index is 5.50. The Kier molecular flexibility index (Phi) is 5.00. The van der Waals surface area contributed by atoms with Gasteiger partial charge in [-0.2, -0.15) is 0 Å². The van der Waals surface area contributed by atoms with Crippen LogP contribution in [0.2, 0.25) is 0 Å². The lowest BCUT2D eigenvalue weighted by Gasteiger charge is -2.05. The van der Waals surface area contributed by atoms with E-state index in [-0.39, 0.29) is 0 Å².